The molecule has 0 saturated carbocycles. The maximum absolute atomic E-state index is 5.95. The third-order valence-electron chi connectivity index (χ3n) is 3.39. The number of H-pyrrole nitrogens is 1. The number of halogens is 1. The number of aryl methyl sites for hydroxylation is 1. The first-order chi connectivity index (χ1) is 9.79. The van der Waals surface area contributed by atoms with E-state index in [-0.39, 0.29) is 0 Å². The maximum atomic E-state index is 5.95. The van der Waals surface area contributed by atoms with Crippen LogP contribution in [0.2, 0.25) is 5.02 Å². The van der Waals surface area contributed by atoms with Crippen molar-refractivity contribution in [3.8, 4) is 0 Å². The van der Waals surface area contributed by atoms with Crippen LogP contribution in [0.5, 0.6) is 0 Å². The monoisotopic (exact) mass is 291 g/mol. The molecule has 0 radical (unpaired) electrons. The Hall–Kier alpha value is -1.32. The molecule has 20 heavy (non-hydrogen) atoms. The summed E-state index contributed by atoms with van der Waals surface area (Å²) in [6.07, 6.45) is 8.05. The Morgan fingerprint density at radius 3 is 2.75 bits per heavy atom. The molecule has 0 aliphatic carbocycles. The summed E-state index contributed by atoms with van der Waals surface area (Å²) in [5.74, 6) is 1.06. The predicted molar refractivity (Wildman–Crippen MR) is 84.0 cm³/mol. The Morgan fingerprint density at radius 2 is 2.10 bits per heavy atom. The number of nitrogens with one attached hydrogen (secondary N) is 2. The normalized spacial score (nSPS) is 12.5. The average molecular weight is 292 g/mol. The maximum Gasteiger partial charge on any atom is 0.106 e. The van der Waals surface area contributed by atoms with Gasteiger partial charge in [-0.2, -0.15) is 0 Å². The first-order valence-corrected chi connectivity index (χ1v) is 7.64. The zero-order valence-electron chi connectivity index (χ0n) is 11.9. The van der Waals surface area contributed by atoms with Gasteiger partial charge >= 0.3 is 0 Å². The molecular formula is C16H22ClN3. The molecule has 1 unspecified atom stereocenters. The van der Waals surface area contributed by atoms with Crippen LogP contribution in [0.4, 0.5) is 0 Å². The van der Waals surface area contributed by atoms with Crippen LogP contribution >= 0.6 is 11.6 Å². The summed E-state index contributed by atoms with van der Waals surface area (Å²) >= 11 is 5.95. The van der Waals surface area contributed by atoms with Crippen molar-refractivity contribution in [2.75, 3.05) is 6.54 Å². The molecule has 2 aromatic rings. The van der Waals surface area contributed by atoms with Gasteiger partial charge in [-0.25, -0.2) is 4.98 Å². The van der Waals surface area contributed by atoms with Crippen LogP contribution in [-0.4, -0.2) is 16.5 Å². The Bertz CT molecular complexity index is 479. The van der Waals surface area contributed by atoms with Crippen LogP contribution in [0.3, 0.4) is 0 Å². The molecular weight excluding hydrogens is 270 g/mol. The van der Waals surface area contributed by atoms with Crippen molar-refractivity contribution in [2.24, 2.45) is 0 Å². The first kappa shape index (κ1) is 15.1. The van der Waals surface area contributed by atoms with Gasteiger partial charge in [-0.05, 0) is 37.1 Å². The van der Waals surface area contributed by atoms with Crippen molar-refractivity contribution in [1.82, 2.24) is 15.3 Å². The lowest BCUT2D eigenvalue weighted by Gasteiger charge is -2.18. The fourth-order valence-electron chi connectivity index (χ4n) is 2.34. The Morgan fingerprint density at radius 1 is 1.30 bits per heavy atom. The second kappa shape index (κ2) is 8.08. The van der Waals surface area contributed by atoms with E-state index in [4.69, 9.17) is 11.6 Å². The molecule has 0 amide bonds. The van der Waals surface area contributed by atoms with Crippen LogP contribution in [0.15, 0.2) is 36.7 Å². The van der Waals surface area contributed by atoms with Gasteiger partial charge in [-0.1, -0.05) is 37.1 Å². The largest absolute Gasteiger partial charge is 0.349 e. The van der Waals surface area contributed by atoms with E-state index in [1.165, 1.54) is 12.0 Å². The van der Waals surface area contributed by atoms with E-state index < -0.39 is 0 Å². The molecule has 0 bridgehead atoms. The molecule has 0 fully saturated rings. The summed E-state index contributed by atoms with van der Waals surface area (Å²) < 4.78 is 0. The van der Waals surface area contributed by atoms with Crippen molar-refractivity contribution in [1.29, 1.82) is 0 Å². The number of imidazole rings is 1. The lowest BCUT2D eigenvalue weighted by atomic mass is 10.0. The Labute approximate surface area is 125 Å². The van der Waals surface area contributed by atoms with Gasteiger partial charge in [0.2, 0.25) is 0 Å². The fourth-order valence-corrected chi connectivity index (χ4v) is 2.46. The number of hydrogen-bond acceptors (Lipinski definition) is 2. The molecule has 2 rings (SSSR count). The highest BCUT2D eigenvalue weighted by Crippen LogP contribution is 2.20. The van der Waals surface area contributed by atoms with Crippen LogP contribution in [0.1, 0.15) is 43.6 Å². The zero-order valence-corrected chi connectivity index (χ0v) is 12.7. The van der Waals surface area contributed by atoms with Crippen LogP contribution in [0.25, 0.3) is 0 Å². The van der Waals surface area contributed by atoms with Crippen LogP contribution < -0.4 is 5.32 Å². The van der Waals surface area contributed by atoms with Crippen LogP contribution in [-0.2, 0) is 6.42 Å². The van der Waals surface area contributed by atoms with Crippen LogP contribution in [0, 0.1) is 0 Å². The summed E-state index contributed by atoms with van der Waals surface area (Å²) in [7, 11) is 0. The Kier molecular flexibility index (Phi) is 6.09. The third-order valence-corrected chi connectivity index (χ3v) is 3.64. The zero-order chi connectivity index (χ0) is 14.2. The van der Waals surface area contributed by atoms with Gasteiger partial charge in [0.25, 0.3) is 0 Å². The number of benzene rings is 1. The summed E-state index contributed by atoms with van der Waals surface area (Å²) in [5.41, 5.74) is 1.31. The van der Waals surface area contributed by atoms with Crippen molar-refractivity contribution in [2.45, 2.75) is 38.6 Å². The smallest absolute Gasteiger partial charge is 0.106 e. The SMILES string of the molecule is CCCC(NCCCc1ncc[nH]1)c1ccc(Cl)cc1. The van der Waals surface area contributed by atoms with Crippen molar-refractivity contribution in [3.05, 3.63) is 53.1 Å². The number of aromatic nitrogens is 2. The van der Waals surface area contributed by atoms with Gasteiger partial charge < -0.3 is 10.3 Å². The molecule has 4 heteroatoms. The lowest BCUT2D eigenvalue weighted by molar-refractivity contribution is 0.486. The standard InChI is InChI=1S/C16H22ClN3/c1-2-4-15(13-6-8-14(17)9-7-13)18-10-3-5-16-19-11-12-20-16/h6-9,11-12,15,18H,2-5,10H2,1H3,(H,19,20). The van der Waals surface area contributed by atoms with E-state index in [1.807, 2.05) is 18.3 Å². The van der Waals surface area contributed by atoms with Gasteiger partial charge in [-0.3, -0.25) is 0 Å². The minimum absolute atomic E-state index is 0.411. The summed E-state index contributed by atoms with van der Waals surface area (Å²) in [6, 6.07) is 8.56. The molecule has 1 heterocycles. The van der Waals surface area contributed by atoms with E-state index in [9.17, 15) is 0 Å². The predicted octanol–water partition coefficient (Wildman–Crippen LogP) is 4.13. The third kappa shape index (κ3) is 4.66. The van der Waals surface area contributed by atoms with Gasteiger partial charge in [-0.15, -0.1) is 0 Å². The molecule has 3 nitrogen and oxygen atoms in total. The molecule has 0 aliphatic heterocycles. The van der Waals surface area contributed by atoms with Crippen molar-refractivity contribution >= 4 is 11.6 Å². The number of hydrogen-bond donors (Lipinski definition) is 2. The minimum Gasteiger partial charge on any atom is -0.349 e. The number of rotatable bonds is 8. The fraction of sp³-hybridized carbons (Fsp3) is 0.438. The van der Waals surface area contributed by atoms with Gasteiger partial charge in [0, 0.05) is 29.9 Å². The molecule has 0 aliphatic rings. The van der Waals surface area contributed by atoms with Crippen molar-refractivity contribution in [3.63, 3.8) is 0 Å². The second-order valence-corrected chi connectivity index (χ2v) is 5.42. The van der Waals surface area contributed by atoms with E-state index in [1.54, 1.807) is 6.20 Å². The van der Waals surface area contributed by atoms with E-state index in [0.717, 1.165) is 36.7 Å². The van der Waals surface area contributed by atoms with E-state index in [2.05, 4.69) is 34.3 Å². The first-order valence-electron chi connectivity index (χ1n) is 7.26. The molecule has 1 aromatic carbocycles. The summed E-state index contributed by atoms with van der Waals surface area (Å²) in [4.78, 5) is 7.37. The van der Waals surface area contributed by atoms with Gasteiger partial charge in [0.05, 0.1) is 0 Å². The molecule has 1 aromatic heterocycles. The number of nitrogens with zero attached hydrogens (tertiary/aromatic N) is 1. The topological polar surface area (TPSA) is 40.7 Å². The highest BCUT2D eigenvalue weighted by atomic mass is 35.5. The summed E-state index contributed by atoms with van der Waals surface area (Å²) in [5, 5.41) is 4.43. The lowest BCUT2D eigenvalue weighted by Crippen LogP contribution is -2.22. The minimum atomic E-state index is 0.411. The molecule has 0 saturated heterocycles. The van der Waals surface area contributed by atoms with E-state index in [0.29, 0.717) is 6.04 Å². The van der Waals surface area contributed by atoms with Crippen molar-refractivity contribution < 1.29 is 0 Å². The Balaban J connectivity index is 1.81. The molecule has 2 N–H and O–H groups in total. The average Bonchev–Trinajstić information content (AvgIpc) is 2.96. The molecule has 1 atom stereocenters. The van der Waals surface area contributed by atoms with Gasteiger partial charge in [0.15, 0.2) is 0 Å². The molecule has 108 valence electrons. The highest BCUT2D eigenvalue weighted by molar-refractivity contribution is 6.30. The highest BCUT2D eigenvalue weighted by Gasteiger charge is 2.09. The summed E-state index contributed by atoms with van der Waals surface area (Å²) in [6.45, 7) is 3.21. The quantitative estimate of drug-likeness (QED) is 0.718. The number of aromatic amines is 1. The molecule has 0 spiro atoms. The van der Waals surface area contributed by atoms with E-state index >= 15 is 0 Å². The van der Waals surface area contributed by atoms with Gasteiger partial charge in [0.1, 0.15) is 5.82 Å². The second-order valence-electron chi connectivity index (χ2n) is 4.99.